The molecule has 2 rings (SSSR count). The lowest BCUT2D eigenvalue weighted by atomic mass is 10.2. The number of oxime groups is 1. The number of alkyl halides is 4. The Bertz CT molecular complexity index is 825. The Balaban J connectivity index is 2.33. The summed E-state index contributed by atoms with van der Waals surface area (Å²) >= 11 is 12.4. The van der Waals surface area contributed by atoms with Crippen LogP contribution in [0.2, 0.25) is 5.02 Å². The molecule has 0 saturated heterocycles. The topological polar surface area (TPSA) is 56.5 Å². The average Bonchev–Trinajstić information content (AvgIpc) is 2.90. The summed E-state index contributed by atoms with van der Waals surface area (Å²) in [5.74, 6) is -1.03. The highest BCUT2D eigenvalue weighted by atomic mass is 35.5. The first-order valence-electron chi connectivity index (χ1n) is 7.03. The van der Waals surface area contributed by atoms with Gasteiger partial charge in [0, 0.05) is 17.8 Å². The Hall–Kier alpha value is -1.71. The highest BCUT2D eigenvalue weighted by molar-refractivity contribution is 7.98. The maximum absolute atomic E-state index is 13.2. The molecule has 0 fully saturated rings. The molecule has 0 unspecified atom stereocenters. The minimum absolute atomic E-state index is 0.197. The molecule has 11 heteroatoms. The van der Waals surface area contributed by atoms with Crippen LogP contribution in [0.4, 0.5) is 13.2 Å². The van der Waals surface area contributed by atoms with Gasteiger partial charge in [-0.1, -0.05) is 35.0 Å². The van der Waals surface area contributed by atoms with Crippen LogP contribution in [0.5, 0.6) is 0 Å². The summed E-state index contributed by atoms with van der Waals surface area (Å²) in [4.78, 5) is 15.4. The summed E-state index contributed by atoms with van der Waals surface area (Å²) in [6, 6.07) is 6.99. The zero-order valence-corrected chi connectivity index (χ0v) is 15.6. The molecule has 0 bridgehead atoms. The highest BCUT2D eigenvalue weighted by Crippen LogP contribution is 2.36. The van der Waals surface area contributed by atoms with E-state index in [9.17, 15) is 18.0 Å². The van der Waals surface area contributed by atoms with Gasteiger partial charge in [0.1, 0.15) is 10.9 Å². The largest absolute Gasteiger partial charge is 0.435 e. The second kappa shape index (κ2) is 8.79. The first-order valence-corrected chi connectivity index (χ1v) is 8.93. The summed E-state index contributed by atoms with van der Waals surface area (Å²) in [5, 5.41) is 7.50. The number of aryl methyl sites for hydroxylation is 1. The van der Waals surface area contributed by atoms with Crippen LogP contribution in [-0.2, 0) is 28.6 Å². The zero-order valence-electron chi connectivity index (χ0n) is 13.3. The molecular formula is C15H12Cl2F3N3O2S. The SMILES string of the molecule is Cn1nc(C(F)(F)F)c(C=NOC(=O)CCl)c1SCc1ccccc1Cl. The molecule has 5 nitrogen and oxygen atoms in total. The number of carbonyl (C=O) groups is 1. The summed E-state index contributed by atoms with van der Waals surface area (Å²) in [6.07, 6.45) is -3.89. The van der Waals surface area contributed by atoms with Crippen LogP contribution in [-0.4, -0.2) is 27.8 Å². The fourth-order valence-electron chi connectivity index (χ4n) is 1.95. The van der Waals surface area contributed by atoms with Crippen LogP contribution in [0.15, 0.2) is 34.4 Å². The third-order valence-corrected chi connectivity index (χ3v) is 4.87. The van der Waals surface area contributed by atoms with Crippen molar-refractivity contribution in [3.05, 3.63) is 46.1 Å². The van der Waals surface area contributed by atoms with E-state index in [0.717, 1.165) is 28.2 Å². The Morgan fingerprint density at radius 2 is 2.12 bits per heavy atom. The molecule has 140 valence electrons. The minimum Gasteiger partial charge on any atom is -0.317 e. The van der Waals surface area contributed by atoms with Crippen molar-refractivity contribution in [1.82, 2.24) is 9.78 Å². The standard InChI is InChI=1S/C15H12Cl2F3N3O2S/c1-23-14(26-8-9-4-2-3-5-11(9)17)10(7-21-25-12(24)6-16)13(22-23)15(18,19)20/h2-5,7H,6,8H2,1H3. The van der Waals surface area contributed by atoms with Crippen molar-refractivity contribution in [3.8, 4) is 0 Å². The summed E-state index contributed by atoms with van der Waals surface area (Å²) in [5.41, 5.74) is -0.683. The van der Waals surface area contributed by atoms with E-state index >= 15 is 0 Å². The normalized spacial score (nSPS) is 11.9. The van der Waals surface area contributed by atoms with E-state index < -0.39 is 23.7 Å². The number of halogens is 5. The van der Waals surface area contributed by atoms with E-state index in [0.29, 0.717) is 10.8 Å². The van der Waals surface area contributed by atoms with Crippen molar-refractivity contribution < 1.29 is 22.8 Å². The molecule has 0 spiro atoms. The van der Waals surface area contributed by atoms with Gasteiger partial charge >= 0.3 is 12.1 Å². The van der Waals surface area contributed by atoms with Crippen molar-refractivity contribution in [3.63, 3.8) is 0 Å². The van der Waals surface area contributed by atoms with E-state index in [1.807, 2.05) is 0 Å². The number of rotatable bonds is 6. The van der Waals surface area contributed by atoms with Gasteiger partial charge in [0.05, 0.1) is 11.8 Å². The number of benzene rings is 1. The third kappa shape index (κ3) is 5.15. The molecule has 0 aliphatic carbocycles. The Morgan fingerprint density at radius 1 is 1.42 bits per heavy atom. The Labute approximate surface area is 161 Å². The van der Waals surface area contributed by atoms with Crippen LogP contribution < -0.4 is 0 Å². The molecule has 0 atom stereocenters. The number of hydrogen-bond acceptors (Lipinski definition) is 5. The lowest BCUT2D eigenvalue weighted by Crippen LogP contribution is -2.09. The summed E-state index contributed by atoms with van der Waals surface area (Å²) in [6.45, 7) is 0. The monoisotopic (exact) mass is 425 g/mol. The van der Waals surface area contributed by atoms with Crippen molar-refractivity contribution in [2.45, 2.75) is 17.0 Å². The fourth-order valence-corrected chi connectivity index (χ4v) is 3.35. The molecule has 1 aromatic heterocycles. The molecule has 0 saturated carbocycles. The van der Waals surface area contributed by atoms with Gasteiger partial charge in [-0.25, -0.2) is 4.79 Å². The quantitative estimate of drug-likeness (QED) is 0.225. The second-order valence-electron chi connectivity index (χ2n) is 4.90. The average molecular weight is 426 g/mol. The van der Waals surface area contributed by atoms with Gasteiger partial charge in [0.15, 0.2) is 5.69 Å². The first-order chi connectivity index (χ1) is 12.2. The molecule has 1 heterocycles. The first kappa shape index (κ1) is 20.6. The predicted octanol–water partition coefficient (Wildman–Crippen LogP) is 4.50. The maximum atomic E-state index is 13.2. The smallest absolute Gasteiger partial charge is 0.317 e. The van der Waals surface area contributed by atoms with E-state index in [2.05, 4.69) is 15.1 Å². The molecule has 2 aromatic rings. The fraction of sp³-hybridized carbons (Fsp3) is 0.267. The van der Waals surface area contributed by atoms with E-state index in [-0.39, 0.29) is 10.6 Å². The van der Waals surface area contributed by atoms with Crippen molar-refractivity contribution in [1.29, 1.82) is 0 Å². The molecule has 1 aromatic carbocycles. The van der Waals surface area contributed by atoms with Crippen molar-refractivity contribution >= 4 is 47.1 Å². The van der Waals surface area contributed by atoms with Gasteiger partial charge in [-0.05, 0) is 11.6 Å². The third-order valence-electron chi connectivity index (χ3n) is 3.07. The molecule has 0 N–H and O–H groups in total. The van der Waals surface area contributed by atoms with E-state index in [1.54, 1.807) is 24.3 Å². The Morgan fingerprint density at radius 3 is 2.73 bits per heavy atom. The van der Waals surface area contributed by atoms with Crippen LogP contribution >= 0.6 is 35.0 Å². The highest BCUT2D eigenvalue weighted by Gasteiger charge is 2.38. The van der Waals surface area contributed by atoms with E-state index in [1.165, 1.54) is 7.05 Å². The second-order valence-corrected chi connectivity index (χ2v) is 6.54. The van der Waals surface area contributed by atoms with Gasteiger partial charge in [-0.3, -0.25) is 4.68 Å². The number of hydrogen-bond donors (Lipinski definition) is 0. The number of carbonyl (C=O) groups excluding carboxylic acids is 1. The molecule has 0 amide bonds. The molecule has 0 aliphatic heterocycles. The zero-order chi connectivity index (χ0) is 19.3. The molecular weight excluding hydrogens is 414 g/mol. The van der Waals surface area contributed by atoms with Gasteiger partial charge in [-0.15, -0.1) is 23.4 Å². The predicted molar refractivity (Wildman–Crippen MR) is 93.6 cm³/mol. The van der Waals surface area contributed by atoms with Crippen molar-refractivity contribution in [2.24, 2.45) is 12.2 Å². The summed E-state index contributed by atoms with van der Waals surface area (Å²) in [7, 11) is 1.38. The number of nitrogens with zero attached hydrogens (tertiary/aromatic N) is 3. The maximum Gasteiger partial charge on any atom is 0.435 e. The van der Waals surface area contributed by atoms with Gasteiger partial charge in [0.25, 0.3) is 0 Å². The lowest BCUT2D eigenvalue weighted by molar-refractivity contribution is -0.141. The molecule has 26 heavy (non-hydrogen) atoms. The van der Waals surface area contributed by atoms with Crippen LogP contribution in [0.3, 0.4) is 0 Å². The minimum atomic E-state index is -4.70. The summed E-state index contributed by atoms with van der Waals surface area (Å²) < 4.78 is 40.8. The molecule has 0 radical (unpaired) electrons. The number of thioether (sulfide) groups is 1. The van der Waals surface area contributed by atoms with Crippen LogP contribution in [0.25, 0.3) is 0 Å². The van der Waals surface area contributed by atoms with Gasteiger partial charge in [0.2, 0.25) is 0 Å². The van der Waals surface area contributed by atoms with Gasteiger partial charge < -0.3 is 4.84 Å². The van der Waals surface area contributed by atoms with Crippen molar-refractivity contribution in [2.75, 3.05) is 5.88 Å². The number of aromatic nitrogens is 2. The van der Waals surface area contributed by atoms with E-state index in [4.69, 9.17) is 23.2 Å². The van der Waals surface area contributed by atoms with Crippen LogP contribution in [0, 0.1) is 0 Å². The van der Waals surface area contributed by atoms with Crippen LogP contribution in [0.1, 0.15) is 16.8 Å². The molecule has 0 aliphatic rings. The lowest BCUT2D eigenvalue weighted by Gasteiger charge is -2.06. The van der Waals surface area contributed by atoms with Gasteiger partial charge in [-0.2, -0.15) is 18.3 Å². The Kier molecular flexibility index (Phi) is 6.96.